The molecule has 7 heteroatoms. The Hall–Kier alpha value is -1.92. The van der Waals surface area contributed by atoms with Crippen LogP contribution in [0.25, 0.3) is 0 Å². The highest BCUT2D eigenvalue weighted by Gasteiger charge is 2.19. The molecule has 0 unspecified atom stereocenters. The average Bonchev–Trinajstić information content (AvgIpc) is 2.52. The highest BCUT2D eigenvalue weighted by molar-refractivity contribution is 5.87. The number of hydrogen-bond donors (Lipinski definition) is 0. The SMILES string of the molecule is CCOC(=O)c1cc([N+](=O)[O-])on1. The third kappa shape index (κ3) is 2.01. The summed E-state index contributed by atoms with van der Waals surface area (Å²) in [6.07, 6.45) is 0. The second-order valence-electron chi connectivity index (χ2n) is 2.03. The Kier molecular flexibility index (Phi) is 2.58. The molecular weight excluding hydrogens is 180 g/mol. The number of nitro groups is 1. The molecule has 0 aliphatic heterocycles. The van der Waals surface area contributed by atoms with E-state index < -0.39 is 16.8 Å². The van der Waals surface area contributed by atoms with E-state index in [1.165, 1.54) is 0 Å². The van der Waals surface area contributed by atoms with Crippen molar-refractivity contribution in [1.82, 2.24) is 5.16 Å². The zero-order valence-electron chi connectivity index (χ0n) is 6.72. The molecule has 0 amide bonds. The lowest BCUT2D eigenvalue weighted by Crippen LogP contribution is -2.04. The first-order chi connectivity index (χ1) is 6.15. The Bertz CT molecular complexity index is 332. The fourth-order valence-corrected chi connectivity index (χ4v) is 0.653. The number of esters is 1. The second kappa shape index (κ2) is 3.65. The normalized spacial score (nSPS) is 9.62. The van der Waals surface area contributed by atoms with Crippen molar-refractivity contribution in [3.63, 3.8) is 0 Å². The standard InChI is InChI=1S/C6H6N2O5/c1-2-12-6(9)4-3-5(8(10)11)13-7-4/h3H,2H2,1H3. The van der Waals surface area contributed by atoms with Crippen molar-refractivity contribution in [2.45, 2.75) is 6.92 Å². The van der Waals surface area contributed by atoms with E-state index in [-0.39, 0.29) is 12.3 Å². The number of hydrogen-bond acceptors (Lipinski definition) is 6. The van der Waals surface area contributed by atoms with Crippen LogP contribution in [0.15, 0.2) is 10.6 Å². The van der Waals surface area contributed by atoms with Crippen molar-refractivity contribution in [3.8, 4) is 0 Å². The van der Waals surface area contributed by atoms with Gasteiger partial charge >= 0.3 is 11.9 Å². The minimum Gasteiger partial charge on any atom is -0.461 e. The van der Waals surface area contributed by atoms with Gasteiger partial charge in [0.25, 0.3) is 0 Å². The molecule has 0 fully saturated rings. The summed E-state index contributed by atoms with van der Waals surface area (Å²) >= 11 is 0. The van der Waals surface area contributed by atoms with Gasteiger partial charge in [0.2, 0.25) is 0 Å². The molecule has 0 radical (unpaired) electrons. The molecule has 1 aromatic heterocycles. The summed E-state index contributed by atoms with van der Waals surface area (Å²) in [5.74, 6) is -1.32. The molecular formula is C6H6N2O5. The van der Waals surface area contributed by atoms with E-state index in [0.29, 0.717) is 0 Å². The van der Waals surface area contributed by atoms with E-state index in [0.717, 1.165) is 6.07 Å². The fraction of sp³-hybridized carbons (Fsp3) is 0.333. The molecule has 7 nitrogen and oxygen atoms in total. The third-order valence-electron chi connectivity index (χ3n) is 1.16. The van der Waals surface area contributed by atoms with Crippen LogP contribution >= 0.6 is 0 Å². The zero-order chi connectivity index (χ0) is 9.84. The summed E-state index contributed by atoms with van der Waals surface area (Å²) in [5, 5.41) is 13.3. The lowest BCUT2D eigenvalue weighted by Gasteiger charge is -1.93. The van der Waals surface area contributed by atoms with Crippen LogP contribution in [-0.4, -0.2) is 22.7 Å². The van der Waals surface area contributed by atoms with E-state index in [2.05, 4.69) is 14.4 Å². The minimum atomic E-state index is -0.782. The lowest BCUT2D eigenvalue weighted by molar-refractivity contribution is -0.404. The topological polar surface area (TPSA) is 95.5 Å². The average molecular weight is 186 g/mol. The summed E-state index contributed by atoms with van der Waals surface area (Å²) in [4.78, 5) is 20.2. The highest BCUT2D eigenvalue weighted by Crippen LogP contribution is 2.12. The number of rotatable bonds is 3. The van der Waals surface area contributed by atoms with Gasteiger partial charge in [-0.25, -0.2) is 4.79 Å². The van der Waals surface area contributed by atoms with Gasteiger partial charge in [0.15, 0.2) is 5.69 Å². The molecule has 1 rings (SSSR count). The largest absolute Gasteiger partial charge is 0.461 e. The quantitative estimate of drug-likeness (QED) is 0.392. The van der Waals surface area contributed by atoms with Crippen molar-refractivity contribution < 1.29 is 19.0 Å². The predicted molar refractivity (Wildman–Crippen MR) is 39.1 cm³/mol. The van der Waals surface area contributed by atoms with Crippen LogP contribution in [0.5, 0.6) is 0 Å². The van der Waals surface area contributed by atoms with E-state index in [9.17, 15) is 14.9 Å². The lowest BCUT2D eigenvalue weighted by atomic mass is 10.4. The minimum absolute atomic E-state index is 0.180. The van der Waals surface area contributed by atoms with Crippen LogP contribution in [0.1, 0.15) is 17.4 Å². The van der Waals surface area contributed by atoms with Gasteiger partial charge in [0, 0.05) is 0 Å². The van der Waals surface area contributed by atoms with Crippen molar-refractivity contribution in [3.05, 3.63) is 21.9 Å². The first kappa shape index (κ1) is 9.17. The maximum Gasteiger partial charge on any atom is 0.456 e. The number of aromatic nitrogens is 1. The van der Waals surface area contributed by atoms with Gasteiger partial charge in [-0.2, -0.15) is 0 Å². The molecule has 0 aromatic carbocycles. The van der Waals surface area contributed by atoms with E-state index >= 15 is 0 Å². The molecule has 13 heavy (non-hydrogen) atoms. The van der Waals surface area contributed by atoms with E-state index in [1.807, 2.05) is 0 Å². The van der Waals surface area contributed by atoms with Gasteiger partial charge in [-0.15, -0.1) is 0 Å². The molecule has 0 saturated carbocycles. The Morgan fingerprint density at radius 1 is 1.85 bits per heavy atom. The van der Waals surface area contributed by atoms with Gasteiger partial charge in [-0.3, -0.25) is 14.6 Å². The summed E-state index contributed by atoms with van der Waals surface area (Å²) in [6, 6.07) is 0.915. The van der Waals surface area contributed by atoms with Crippen LogP contribution < -0.4 is 0 Å². The molecule has 0 aliphatic carbocycles. The second-order valence-corrected chi connectivity index (χ2v) is 2.03. The molecule has 0 atom stereocenters. The van der Waals surface area contributed by atoms with Crippen LogP contribution in [-0.2, 0) is 4.74 Å². The molecule has 0 bridgehead atoms. The fourth-order valence-electron chi connectivity index (χ4n) is 0.653. The molecule has 70 valence electrons. The monoisotopic (exact) mass is 186 g/mol. The third-order valence-corrected chi connectivity index (χ3v) is 1.16. The molecule has 0 N–H and O–H groups in total. The predicted octanol–water partition coefficient (Wildman–Crippen LogP) is 0.759. The van der Waals surface area contributed by atoms with Gasteiger partial charge in [0.1, 0.15) is 4.92 Å². The van der Waals surface area contributed by atoms with Crippen molar-refractivity contribution in [1.29, 1.82) is 0 Å². The van der Waals surface area contributed by atoms with Gasteiger partial charge in [-0.05, 0) is 6.92 Å². The summed E-state index contributed by atoms with van der Waals surface area (Å²) in [7, 11) is 0. The van der Waals surface area contributed by atoms with Crippen LogP contribution in [0, 0.1) is 10.1 Å². The Labute approximate surface area is 72.4 Å². The maximum atomic E-state index is 10.9. The molecule has 0 saturated heterocycles. The first-order valence-electron chi connectivity index (χ1n) is 3.43. The van der Waals surface area contributed by atoms with Crippen molar-refractivity contribution in [2.24, 2.45) is 0 Å². The van der Waals surface area contributed by atoms with Gasteiger partial charge in [-0.1, -0.05) is 5.16 Å². The molecule has 1 aromatic rings. The summed E-state index contributed by atoms with van der Waals surface area (Å²) in [6.45, 7) is 1.80. The maximum absolute atomic E-state index is 10.9. The molecule has 1 heterocycles. The Morgan fingerprint density at radius 3 is 3.00 bits per heavy atom. The molecule has 0 spiro atoms. The highest BCUT2D eigenvalue weighted by atomic mass is 16.7. The first-order valence-corrected chi connectivity index (χ1v) is 3.43. The smallest absolute Gasteiger partial charge is 0.456 e. The Balaban J connectivity index is 2.79. The van der Waals surface area contributed by atoms with Crippen LogP contribution in [0.2, 0.25) is 0 Å². The van der Waals surface area contributed by atoms with E-state index in [1.54, 1.807) is 6.92 Å². The number of ether oxygens (including phenoxy) is 1. The summed E-state index contributed by atoms with van der Waals surface area (Å²) in [5.41, 5.74) is -0.200. The number of nitrogens with zero attached hydrogens (tertiary/aromatic N) is 2. The van der Waals surface area contributed by atoms with Crippen LogP contribution in [0.3, 0.4) is 0 Å². The number of carbonyl (C=O) groups is 1. The van der Waals surface area contributed by atoms with Crippen LogP contribution in [0.4, 0.5) is 5.88 Å². The zero-order valence-corrected chi connectivity index (χ0v) is 6.72. The Morgan fingerprint density at radius 2 is 2.54 bits per heavy atom. The summed E-state index contributed by atoms with van der Waals surface area (Å²) < 4.78 is 8.78. The number of carbonyl (C=O) groups excluding carboxylic acids is 1. The van der Waals surface area contributed by atoms with Gasteiger partial charge in [0.05, 0.1) is 12.7 Å². The van der Waals surface area contributed by atoms with Crippen molar-refractivity contribution >= 4 is 11.9 Å². The molecule has 0 aliphatic rings. The van der Waals surface area contributed by atoms with E-state index in [4.69, 9.17) is 0 Å². The van der Waals surface area contributed by atoms with Gasteiger partial charge < -0.3 is 4.74 Å². The van der Waals surface area contributed by atoms with Crippen molar-refractivity contribution in [2.75, 3.05) is 6.61 Å².